The van der Waals surface area contributed by atoms with Gasteiger partial charge in [-0.05, 0) is 12.1 Å². The predicted molar refractivity (Wildman–Crippen MR) is 49.4 cm³/mol. The van der Waals surface area contributed by atoms with Crippen molar-refractivity contribution < 1.29 is 19.3 Å². The zero-order chi connectivity index (χ0) is 10.6. The summed E-state index contributed by atoms with van der Waals surface area (Å²) in [5, 5.41) is 17.4. The Morgan fingerprint density at radius 3 is 2.79 bits per heavy atom. The first-order valence-corrected chi connectivity index (χ1v) is 4.10. The van der Waals surface area contributed by atoms with Crippen molar-refractivity contribution in [3.8, 4) is 5.75 Å². The Balaban J connectivity index is 2.59. The molecule has 0 saturated carbocycles. The lowest BCUT2D eigenvalue weighted by Gasteiger charge is -2.10. The molecule has 0 aromatic heterocycles. The molecule has 0 saturated heterocycles. The van der Waals surface area contributed by atoms with Crippen LogP contribution in [0.5, 0.6) is 5.75 Å². The Morgan fingerprint density at radius 1 is 1.50 bits per heavy atom. The maximum Gasteiger partial charge on any atom is 0.167 e. The average molecular weight is 201 g/mol. The van der Waals surface area contributed by atoms with E-state index in [1.165, 1.54) is 12.1 Å². The smallest absolute Gasteiger partial charge is 0.167 e. The van der Waals surface area contributed by atoms with Crippen molar-refractivity contribution in [3.63, 3.8) is 0 Å². The summed E-state index contributed by atoms with van der Waals surface area (Å²) in [5.41, 5.74) is 5.63. The van der Waals surface area contributed by atoms with E-state index < -0.39 is 18.5 Å². The zero-order valence-corrected chi connectivity index (χ0v) is 7.48. The molecule has 1 unspecified atom stereocenters. The van der Waals surface area contributed by atoms with E-state index in [1.54, 1.807) is 0 Å². The number of hydrogen-bond acceptors (Lipinski definition) is 4. The number of halogens is 1. The van der Waals surface area contributed by atoms with Gasteiger partial charge in [-0.1, -0.05) is 0 Å². The van der Waals surface area contributed by atoms with Gasteiger partial charge in [-0.25, -0.2) is 4.39 Å². The molecule has 0 amide bonds. The SMILES string of the molecule is Nc1ccc(OCC(O)CO)c(F)c1. The number of aliphatic hydroxyl groups is 2. The van der Waals surface area contributed by atoms with Gasteiger partial charge in [-0.15, -0.1) is 0 Å². The van der Waals surface area contributed by atoms with Crippen molar-refractivity contribution in [1.82, 2.24) is 0 Å². The summed E-state index contributed by atoms with van der Waals surface area (Å²) in [6.45, 7) is -0.575. The molecule has 1 atom stereocenters. The predicted octanol–water partition coefficient (Wildman–Crippen LogP) is 0.140. The molecule has 78 valence electrons. The van der Waals surface area contributed by atoms with Crippen LogP contribution in [0, 0.1) is 5.82 Å². The lowest BCUT2D eigenvalue weighted by molar-refractivity contribution is 0.0523. The lowest BCUT2D eigenvalue weighted by atomic mass is 10.3. The van der Waals surface area contributed by atoms with Crippen LogP contribution in [-0.4, -0.2) is 29.5 Å². The van der Waals surface area contributed by atoms with Crippen LogP contribution in [-0.2, 0) is 0 Å². The molecular formula is C9H12FNO3. The summed E-state index contributed by atoms with van der Waals surface area (Å²) in [7, 11) is 0. The van der Waals surface area contributed by atoms with Crippen LogP contribution >= 0.6 is 0 Å². The second-order valence-corrected chi connectivity index (χ2v) is 2.84. The van der Waals surface area contributed by atoms with Crippen LogP contribution in [0.2, 0.25) is 0 Å². The van der Waals surface area contributed by atoms with Crippen molar-refractivity contribution >= 4 is 5.69 Å². The summed E-state index contributed by atoms with van der Waals surface area (Å²) in [5.74, 6) is -0.582. The van der Waals surface area contributed by atoms with Crippen molar-refractivity contribution in [2.75, 3.05) is 18.9 Å². The molecule has 0 aliphatic rings. The van der Waals surface area contributed by atoms with Gasteiger partial charge in [-0.3, -0.25) is 0 Å². The van der Waals surface area contributed by atoms with Gasteiger partial charge in [0.05, 0.1) is 6.61 Å². The number of anilines is 1. The summed E-state index contributed by atoms with van der Waals surface area (Å²) in [4.78, 5) is 0. The number of aliphatic hydroxyl groups excluding tert-OH is 2. The van der Waals surface area contributed by atoms with E-state index in [4.69, 9.17) is 20.7 Å². The van der Waals surface area contributed by atoms with Gasteiger partial charge in [0.15, 0.2) is 11.6 Å². The minimum atomic E-state index is -1.01. The number of nitrogen functional groups attached to an aromatic ring is 1. The third kappa shape index (κ3) is 2.86. The molecular weight excluding hydrogens is 189 g/mol. The Hall–Kier alpha value is -1.33. The highest BCUT2D eigenvalue weighted by atomic mass is 19.1. The van der Waals surface area contributed by atoms with Crippen LogP contribution in [0.1, 0.15) is 0 Å². The first-order chi connectivity index (χ1) is 6.63. The van der Waals surface area contributed by atoms with Crippen molar-refractivity contribution in [3.05, 3.63) is 24.0 Å². The Kier molecular flexibility index (Phi) is 3.67. The second kappa shape index (κ2) is 4.78. The minimum absolute atomic E-state index is 0.00620. The molecule has 1 rings (SSSR count). The molecule has 1 aromatic rings. The molecule has 0 bridgehead atoms. The summed E-state index contributed by atoms with van der Waals surface area (Å²) < 4.78 is 18.0. The van der Waals surface area contributed by atoms with Crippen molar-refractivity contribution in [2.45, 2.75) is 6.10 Å². The number of ether oxygens (including phenoxy) is 1. The molecule has 5 heteroatoms. The molecule has 0 aliphatic carbocycles. The van der Waals surface area contributed by atoms with Crippen LogP contribution in [0.15, 0.2) is 18.2 Å². The van der Waals surface area contributed by atoms with Gasteiger partial charge in [0.25, 0.3) is 0 Å². The quantitative estimate of drug-likeness (QED) is 0.606. The molecule has 0 heterocycles. The Labute approximate surface area is 80.7 Å². The Bertz CT molecular complexity index is 306. The fraction of sp³-hybridized carbons (Fsp3) is 0.333. The number of nitrogens with two attached hydrogens (primary N) is 1. The monoisotopic (exact) mass is 201 g/mol. The topological polar surface area (TPSA) is 75.7 Å². The number of rotatable bonds is 4. The molecule has 4 N–H and O–H groups in total. The third-order valence-corrected chi connectivity index (χ3v) is 1.60. The highest BCUT2D eigenvalue weighted by Crippen LogP contribution is 2.19. The lowest BCUT2D eigenvalue weighted by Crippen LogP contribution is -2.21. The summed E-state index contributed by atoms with van der Waals surface area (Å²) in [6.07, 6.45) is -1.01. The van der Waals surface area contributed by atoms with E-state index >= 15 is 0 Å². The normalized spacial score (nSPS) is 12.5. The van der Waals surface area contributed by atoms with E-state index in [2.05, 4.69) is 0 Å². The molecule has 0 radical (unpaired) electrons. The van der Waals surface area contributed by atoms with Gasteiger partial charge >= 0.3 is 0 Å². The molecule has 0 fully saturated rings. The van der Waals surface area contributed by atoms with E-state index in [0.29, 0.717) is 5.69 Å². The highest BCUT2D eigenvalue weighted by Gasteiger charge is 2.06. The summed E-state index contributed by atoms with van der Waals surface area (Å²) in [6, 6.07) is 3.99. The fourth-order valence-corrected chi connectivity index (χ4v) is 0.873. The van der Waals surface area contributed by atoms with Crippen LogP contribution in [0.3, 0.4) is 0 Å². The van der Waals surface area contributed by atoms with E-state index in [9.17, 15) is 4.39 Å². The van der Waals surface area contributed by atoms with E-state index in [-0.39, 0.29) is 12.4 Å². The average Bonchev–Trinajstić information content (AvgIpc) is 2.16. The Morgan fingerprint density at radius 2 is 2.21 bits per heavy atom. The highest BCUT2D eigenvalue weighted by molar-refractivity contribution is 5.42. The van der Waals surface area contributed by atoms with Gasteiger partial charge in [-0.2, -0.15) is 0 Å². The largest absolute Gasteiger partial charge is 0.488 e. The van der Waals surface area contributed by atoms with Crippen LogP contribution < -0.4 is 10.5 Å². The fourth-order valence-electron chi connectivity index (χ4n) is 0.873. The second-order valence-electron chi connectivity index (χ2n) is 2.84. The molecule has 0 spiro atoms. The van der Waals surface area contributed by atoms with Crippen molar-refractivity contribution in [1.29, 1.82) is 0 Å². The zero-order valence-electron chi connectivity index (χ0n) is 7.48. The standard InChI is InChI=1S/C9H12FNO3/c10-8-3-6(11)1-2-9(8)14-5-7(13)4-12/h1-3,7,12-13H,4-5,11H2. The maximum atomic E-state index is 13.1. The molecule has 0 aliphatic heterocycles. The minimum Gasteiger partial charge on any atom is -0.488 e. The van der Waals surface area contributed by atoms with Gasteiger partial charge in [0.2, 0.25) is 0 Å². The first-order valence-electron chi connectivity index (χ1n) is 4.10. The third-order valence-electron chi connectivity index (χ3n) is 1.60. The van der Waals surface area contributed by atoms with E-state index in [0.717, 1.165) is 6.07 Å². The van der Waals surface area contributed by atoms with Crippen LogP contribution in [0.4, 0.5) is 10.1 Å². The van der Waals surface area contributed by atoms with E-state index in [1.807, 2.05) is 0 Å². The molecule has 1 aromatic carbocycles. The van der Waals surface area contributed by atoms with Gasteiger partial charge in [0.1, 0.15) is 12.7 Å². The molecule has 14 heavy (non-hydrogen) atoms. The first kappa shape index (κ1) is 10.7. The van der Waals surface area contributed by atoms with Gasteiger partial charge < -0.3 is 20.7 Å². The molecule has 4 nitrogen and oxygen atoms in total. The number of hydrogen-bond donors (Lipinski definition) is 3. The maximum absolute atomic E-state index is 13.1. The van der Waals surface area contributed by atoms with Crippen molar-refractivity contribution in [2.24, 2.45) is 0 Å². The van der Waals surface area contributed by atoms with Gasteiger partial charge in [0, 0.05) is 11.8 Å². The summed E-state index contributed by atoms with van der Waals surface area (Å²) >= 11 is 0. The number of benzene rings is 1. The van der Waals surface area contributed by atoms with Crippen LogP contribution in [0.25, 0.3) is 0 Å².